The van der Waals surface area contributed by atoms with Crippen LogP contribution in [0, 0.1) is 0 Å². The molecule has 1 aromatic heterocycles. The molecule has 0 saturated heterocycles. The van der Waals surface area contributed by atoms with Gasteiger partial charge in [0.1, 0.15) is 18.7 Å². The lowest BCUT2D eigenvalue weighted by molar-refractivity contribution is 0.200. The predicted octanol–water partition coefficient (Wildman–Crippen LogP) is 0.287. The molecule has 0 spiro atoms. The van der Waals surface area contributed by atoms with Crippen LogP contribution in [0.3, 0.4) is 0 Å². The molecule has 6 nitrogen and oxygen atoms in total. The fourth-order valence-electron chi connectivity index (χ4n) is 1.52. The largest absolute Gasteiger partial charge is 0.491 e. The van der Waals surface area contributed by atoms with Gasteiger partial charge < -0.3 is 9.84 Å². The number of aliphatic hydroxyl groups excluding tert-OH is 1. The number of ether oxygens (including phenoxy) is 1. The number of hydrogen-bond donors (Lipinski definition) is 1. The van der Waals surface area contributed by atoms with Crippen molar-refractivity contribution in [1.29, 1.82) is 0 Å². The predicted molar refractivity (Wildman–Crippen MR) is 60.5 cm³/mol. The number of hydrogen-bond acceptors (Lipinski definition) is 5. The van der Waals surface area contributed by atoms with Crippen LogP contribution in [0.2, 0.25) is 0 Å². The summed E-state index contributed by atoms with van der Waals surface area (Å²) in [4.78, 5) is 0. The summed E-state index contributed by atoms with van der Waals surface area (Å²) in [6.45, 7) is 1.02. The van der Waals surface area contributed by atoms with Crippen molar-refractivity contribution >= 4 is 0 Å². The molecule has 0 aliphatic carbocycles. The van der Waals surface area contributed by atoms with E-state index in [1.807, 2.05) is 24.3 Å². The van der Waals surface area contributed by atoms with E-state index in [4.69, 9.17) is 9.84 Å². The summed E-state index contributed by atoms with van der Waals surface area (Å²) < 4.78 is 7.11. The van der Waals surface area contributed by atoms with Crippen LogP contribution in [0.4, 0.5) is 0 Å². The van der Waals surface area contributed by atoms with E-state index in [0.29, 0.717) is 13.2 Å². The summed E-state index contributed by atoms with van der Waals surface area (Å²) >= 11 is 0. The molecule has 1 aromatic carbocycles. The van der Waals surface area contributed by atoms with Crippen molar-refractivity contribution in [1.82, 2.24) is 20.2 Å². The Balaban J connectivity index is 1.99. The van der Waals surface area contributed by atoms with Crippen molar-refractivity contribution in [3.05, 3.63) is 36.2 Å². The van der Waals surface area contributed by atoms with Crippen LogP contribution >= 0.6 is 0 Å². The maximum Gasteiger partial charge on any atom is 0.138 e. The smallest absolute Gasteiger partial charge is 0.138 e. The first kappa shape index (κ1) is 11.5. The first-order valence-electron chi connectivity index (χ1n) is 5.42. The lowest BCUT2D eigenvalue weighted by Gasteiger charge is -2.10. The van der Waals surface area contributed by atoms with Crippen molar-refractivity contribution in [2.24, 2.45) is 0 Å². The highest BCUT2D eigenvalue weighted by molar-refractivity contribution is 5.33. The third kappa shape index (κ3) is 3.25. The van der Waals surface area contributed by atoms with Crippen molar-refractivity contribution in [3.8, 4) is 5.75 Å². The maximum atomic E-state index is 8.74. The van der Waals surface area contributed by atoms with Crippen LogP contribution in [0.5, 0.6) is 5.75 Å². The minimum absolute atomic E-state index is 0.0152. The SMILES string of the molecule is OCCOc1ccccc1CCn1cnnn1. The van der Waals surface area contributed by atoms with Crippen LogP contribution in [0.15, 0.2) is 30.6 Å². The molecule has 2 aromatic rings. The molecule has 1 heterocycles. The molecule has 0 aliphatic heterocycles. The standard InChI is InChI=1S/C11H14N4O2/c16-7-8-17-11-4-2-1-3-10(11)5-6-15-9-12-13-14-15/h1-4,9,16H,5-8H2. The molecule has 0 radical (unpaired) electrons. The van der Waals surface area contributed by atoms with Crippen LogP contribution in [0.1, 0.15) is 5.56 Å². The van der Waals surface area contributed by atoms with Crippen molar-refractivity contribution < 1.29 is 9.84 Å². The molecule has 0 amide bonds. The first-order chi connectivity index (χ1) is 8.40. The molecule has 2 rings (SSSR count). The van der Waals surface area contributed by atoms with E-state index < -0.39 is 0 Å². The summed E-state index contributed by atoms with van der Waals surface area (Å²) in [7, 11) is 0. The third-order valence-electron chi connectivity index (χ3n) is 2.32. The summed E-state index contributed by atoms with van der Waals surface area (Å²) in [6.07, 6.45) is 2.36. The lowest BCUT2D eigenvalue weighted by atomic mass is 10.1. The number of nitrogens with zero attached hydrogens (tertiary/aromatic N) is 4. The highest BCUT2D eigenvalue weighted by Gasteiger charge is 2.03. The number of aryl methyl sites for hydroxylation is 2. The number of para-hydroxylation sites is 1. The second-order valence-electron chi connectivity index (χ2n) is 3.50. The van der Waals surface area contributed by atoms with Gasteiger partial charge in [-0.25, -0.2) is 4.68 Å². The van der Waals surface area contributed by atoms with Crippen molar-refractivity contribution in [2.75, 3.05) is 13.2 Å². The first-order valence-corrected chi connectivity index (χ1v) is 5.42. The zero-order chi connectivity index (χ0) is 11.9. The molecule has 0 fully saturated rings. The Bertz CT molecular complexity index is 444. The summed E-state index contributed by atoms with van der Waals surface area (Å²) in [6, 6.07) is 7.76. The zero-order valence-corrected chi connectivity index (χ0v) is 9.36. The van der Waals surface area contributed by atoms with Crippen LogP contribution in [-0.4, -0.2) is 38.5 Å². The quantitative estimate of drug-likeness (QED) is 0.777. The van der Waals surface area contributed by atoms with Gasteiger partial charge in [-0.05, 0) is 28.5 Å². The minimum Gasteiger partial charge on any atom is -0.491 e. The van der Waals surface area contributed by atoms with Crippen LogP contribution < -0.4 is 4.74 Å². The Hall–Kier alpha value is -1.95. The topological polar surface area (TPSA) is 73.1 Å². The Kier molecular flexibility index (Phi) is 4.04. The zero-order valence-electron chi connectivity index (χ0n) is 9.36. The van der Waals surface area contributed by atoms with Gasteiger partial charge in [-0.1, -0.05) is 18.2 Å². The summed E-state index contributed by atoms with van der Waals surface area (Å²) in [5.41, 5.74) is 1.08. The Morgan fingerprint density at radius 3 is 2.94 bits per heavy atom. The van der Waals surface area contributed by atoms with E-state index >= 15 is 0 Å². The van der Waals surface area contributed by atoms with Gasteiger partial charge in [0.25, 0.3) is 0 Å². The van der Waals surface area contributed by atoms with Gasteiger partial charge in [0, 0.05) is 6.54 Å². The molecular formula is C11H14N4O2. The second-order valence-corrected chi connectivity index (χ2v) is 3.50. The molecule has 6 heteroatoms. The van der Waals surface area contributed by atoms with E-state index in [1.165, 1.54) is 0 Å². The average Bonchev–Trinajstić information content (AvgIpc) is 2.88. The van der Waals surface area contributed by atoms with Gasteiger partial charge in [0.15, 0.2) is 0 Å². The molecule has 0 saturated carbocycles. The number of aromatic nitrogens is 4. The van der Waals surface area contributed by atoms with Crippen LogP contribution in [-0.2, 0) is 13.0 Å². The molecule has 0 aliphatic rings. The molecule has 17 heavy (non-hydrogen) atoms. The molecule has 0 atom stereocenters. The summed E-state index contributed by atoms with van der Waals surface area (Å²) in [5.74, 6) is 0.801. The van der Waals surface area contributed by atoms with Crippen LogP contribution in [0.25, 0.3) is 0 Å². The van der Waals surface area contributed by atoms with Gasteiger partial charge in [-0.3, -0.25) is 0 Å². The number of rotatable bonds is 6. The van der Waals surface area contributed by atoms with Gasteiger partial charge in [0.05, 0.1) is 6.61 Å². The van der Waals surface area contributed by atoms with Crippen molar-refractivity contribution in [2.45, 2.75) is 13.0 Å². The van der Waals surface area contributed by atoms with E-state index in [1.54, 1.807) is 11.0 Å². The molecule has 1 N–H and O–H groups in total. The summed E-state index contributed by atoms with van der Waals surface area (Å²) in [5, 5.41) is 19.7. The molecule has 0 unspecified atom stereocenters. The van der Waals surface area contributed by atoms with E-state index in [2.05, 4.69) is 15.5 Å². The lowest BCUT2D eigenvalue weighted by Crippen LogP contribution is -2.06. The van der Waals surface area contributed by atoms with Crippen molar-refractivity contribution in [3.63, 3.8) is 0 Å². The Morgan fingerprint density at radius 1 is 1.29 bits per heavy atom. The molecular weight excluding hydrogens is 220 g/mol. The number of tetrazole rings is 1. The maximum absolute atomic E-state index is 8.74. The third-order valence-corrected chi connectivity index (χ3v) is 2.32. The van der Waals surface area contributed by atoms with E-state index in [-0.39, 0.29) is 6.61 Å². The molecule has 0 bridgehead atoms. The number of benzene rings is 1. The van der Waals surface area contributed by atoms with Gasteiger partial charge >= 0.3 is 0 Å². The van der Waals surface area contributed by atoms with Gasteiger partial charge in [0.2, 0.25) is 0 Å². The molecule has 90 valence electrons. The average molecular weight is 234 g/mol. The van der Waals surface area contributed by atoms with E-state index in [0.717, 1.165) is 17.7 Å². The minimum atomic E-state index is 0.0152. The van der Waals surface area contributed by atoms with Gasteiger partial charge in [-0.2, -0.15) is 0 Å². The highest BCUT2D eigenvalue weighted by Crippen LogP contribution is 2.18. The van der Waals surface area contributed by atoms with E-state index in [9.17, 15) is 0 Å². The second kappa shape index (κ2) is 5.95. The Morgan fingerprint density at radius 2 is 2.18 bits per heavy atom. The fourth-order valence-corrected chi connectivity index (χ4v) is 1.52. The normalized spacial score (nSPS) is 10.4. The number of aliphatic hydroxyl groups is 1. The van der Waals surface area contributed by atoms with Gasteiger partial charge in [-0.15, -0.1) is 5.10 Å². The fraction of sp³-hybridized carbons (Fsp3) is 0.364. The Labute approximate surface area is 98.8 Å². The highest BCUT2D eigenvalue weighted by atomic mass is 16.5. The monoisotopic (exact) mass is 234 g/mol.